The van der Waals surface area contributed by atoms with E-state index in [2.05, 4.69) is 20.9 Å². The lowest BCUT2D eigenvalue weighted by Crippen LogP contribution is -2.35. The number of fused-ring (bicyclic) bond motifs is 2. The van der Waals surface area contributed by atoms with Crippen LogP contribution in [0.15, 0.2) is 16.7 Å². The molecule has 14 heavy (non-hydrogen) atoms. The van der Waals surface area contributed by atoms with Gasteiger partial charge < -0.3 is 9.47 Å². The van der Waals surface area contributed by atoms with E-state index in [1.54, 1.807) is 6.20 Å². The molecule has 0 spiro atoms. The molecule has 3 rings (SSSR count). The van der Waals surface area contributed by atoms with E-state index in [4.69, 9.17) is 9.47 Å². The minimum Gasteiger partial charge on any atom is -0.481 e. The molecule has 0 bridgehead atoms. The zero-order valence-corrected chi connectivity index (χ0v) is 9.16. The minimum absolute atomic E-state index is 0.219. The largest absolute Gasteiger partial charge is 0.481 e. The molecule has 3 nitrogen and oxygen atoms in total. The molecule has 1 aromatic heterocycles. The average molecular weight is 256 g/mol. The number of nitrogens with zero attached hydrogens (tertiary/aromatic N) is 1. The quantitative estimate of drug-likeness (QED) is 0.714. The average Bonchev–Trinajstić information content (AvgIpc) is 2.61. The molecule has 0 saturated heterocycles. The lowest BCUT2D eigenvalue weighted by Gasteiger charge is -2.28. The highest BCUT2D eigenvalue weighted by atomic mass is 79.9. The zero-order valence-electron chi connectivity index (χ0n) is 7.57. The third-order valence-electron chi connectivity index (χ3n) is 2.72. The number of aromatic nitrogens is 1. The summed E-state index contributed by atoms with van der Waals surface area (Å²) in [5, 5.41) is 0. The van der Waals surface area contributed by atoms with Crippen LogP contribution in [0.25, 0.3) is 0 Å². The van der Waals surface area contributed by atoms with Gasteiger partial charge in [0, 0.05) is 16.7 Å². The van der Waals surface area contributed by atoms with Gasteiger partial charge in [-0.2, -0.15) is 0 Å². The Morgan fingerprint density at radius 3 is 2.93 bits per heavy atom. The Morgan fingerprint density at radius 2 is 2.07 bits per heavy atom. The monoisotopic (exact) mass is 255 g/mol. The second-order valence-electron chi connectivity index (χ2n) is 3.70. The van der Waals surface area contributed by atoms with E-state index in [0.29, 0.717) is 5.88 Å². The summed E-state index contributed by atoms with van der Waals surface area (Å²) in [4.78, 5) is 4.19. The Bertz CT molecular complexity index is 369. The Kier molecular flexibility index (Phi) is 1.90. The molecule has 1 aliphatic heterocycles. The van der Waals surface area contributed by atoms with Crippen molar-refractivity contribution in [3.8, 4) is 11.6 Å². The Labute approximate surface area is 90.6 Å². The van der Waals surface area contributed by atoms with Crippen LogP contribution in [0, 0.1) is 0 Å². The van der Waals surface area contributed by atoms with Crippen molar-refractivity contribution in [1.29, 1.82) is 0 Å². The molecular weight excluding hydrogens is 246 g/mol. The first-order valence-corrected chi connectivity index (χ1v) is 5.61. The zero-order chi connectivity index (χ0) is 9.54. The van der Waals surface area contributed by atoms with Gasteiger partial charge in [-0.25, -0.2) is 4.98 Å². The Hall–Kier alpha value is -0.770. The predicted octanol–water partition coefficient (Wildman–Crippen LogP) is 2.54. The third-order valence-corrected chi connectivity index (χ3v) is 3.15. The summed E-state index contributed by atoms with van der Waals surface area (Å²) in [6, 6.07) is 1.91. The second-order valence-corrected chi connectivity index (χ2v) is 4.62. The van der Waals surface area contributed by atoms with Gasteiger partial charge in [-0.15, -0.1) is 0 Å². The van der Waals surface area contributed by atoms with Crippen LogP contribution in [-0.2, 0) is 0 Å². The molecule has 0 N–H and O–H groups in total. The lowest BCUT2D eigenvalue weighted by molar-refractivity contribution is 0.0381. The summed E-state index contributed by atoms with van der Waals surface area (Å²) in [7, 11) is 0. The predicted molar refractivity (Wildman–Crippen MR) is 54.6 cm³/mol. The highest BCUT2D eigenvalue weighted by Gasteiger charge is 2.36. The maximum Gasteiger partial charge on any atom is 0.257 e. The molecule has 0 amide bonds. The van der Waals surface area contributed by atoms with E-state index in [-0.39, 0.29) is 12.2 Å². The second kappa shape index (κ2) is 3.12. The van der Waals surface area contributed by atoms with Crippen LogP contribution < -0.4 is 9.47 Å². The lowest BCUT2D eigenvalue weighted by atomic mass is 10.2. The van der Waals surface area contributed by atoms with Crippen molar-refractivity contribution in [1.82, 2.24) is 4.98 Å². The fraction of sp³-hybridized carbons (Fsp3) is 0.500. The molecule has 2 atom stereocenters. The number of ether oxygens (including phenoxy) is 2. The van der Waals surface area contributed by atoms with Gasteiger partial charge >= 0.3 is 0 Å². The first-order valence-electron chi connectivity index (χ1n) is 4.82. The van der Waals surface area contributed by atoms with Crippen molar-refractivity contribution in [2.24, 2.45) is 0 Å². The summed E-state index contributed by atoms with van der Waals surface area (Å²) in [5.74, 6) is 1.40. The molecule has 1 aliphatic carbocycles. The molecule has 1 fully saturated rings. The molecular formula is C10H10BrNO2. The molecule has 0 radical (unpaired) electrons. The van der Waals surface area contributed by atoms with E-state index in [1.165, 1.54) is 6.42 Å². The van der Waals surface area contributed by atoms with Gasteiger partial charge in [-0.1, -0.05) is 0 Å². The van der Waals surface area contributed by atoms with Gasteiger partial charge in [-0.3, -0.25) is 0 Å². The molecule has 2 aliphatic rings. The first kappa shape index (κ1) is 8.53. The molecule has 74 valence electrons. The van der Waals surface area contributed by atoms with Crippen LogP contribution in [0.3, 0.4) is 0 Å². The number of hydrogen-bond donors (Lipinski definition) is 0. The van der Waals surface area contributed by atoms with E-state index in [0.717, 1.165) is 23.1 Å². The fourth-order valence-corrected chi connectivity index (χ4v) is 2.36. The maximum absolute atomic E-state index is 5.82. The smallest absolute Gasteiger partial charge is 0.257 e. The fourth-order valence-electron chi connectivity index (χ4n) is 2.05. The number of hydrogen-bond acceptors (Lipinski definition) is 3. The SMILES string of the molecule is Brc1cnc2c(c1)O[C@@H]1CCC[C@H]1O2. The maximum atomic E-state index is 5.82. The van der Waals surface area contributed by atoms with E-state index in [1.807, 2.05) is 6.07 Å². The van der Waals surface area contributed by atoms with Gasteiger partial charge in [0.15, 0.2) is 5.75 Å². The van der Waals surface area contributed by atoms with Crippen LogP contribution in [-0.4, -0.2) is 17.2 Å². The standard InChI is InChI=1S/C10H10BrNO2/c11-6-4-9-10(12-5-6)14-8-3-1-2-7(8)13-9/h4-5,7-8H,1-3H2/t7-,8-/m1/s1. The highest BCUT2D eigenvalue weighted by molar-refractivity contribution is 9.10. The van der Waals surface area contributed by atoms with Crippen molar-refractivity contribution < 1.29 is 9.47 Å². The Morgan fingerprint density at radius 1 is 1.29 bits per heavy atom. The van der Waals surface area contributed by atoms with Gasteiger partial charge in [0.1, 0.15) is 12.2 Å². The highest BCUT2D eigenvalue weighted by Crippen LogP contribution is 2.38. The Balaban J connectivity index is 1.97. The first-order chi connectivity index (χ1) is 6.83. The van der Waals surface area contributed by atoms with E-state index < -0.39 is 0 Å². The molecule has 1 saturated carbocycles. The molecule has 4 heteroatoms. The van der Waals surface area contributed by atoms with Crippen LogP contribution >= 0.6 is 15.9 Å². The summed E-state index contributed by atoms with van der Waals surface area (Å²) in [5.41, 5.74) is 0. The van der Waals surface area contributed by atoms with Gasteiger partial charge in [0.2, 0.25) is 0 Å². The van der Waals surface area contributed by atoms with Crippen LogP contribution in [0.2, 0.25) is 0 Å². The van der Waals surface area contributed by atoms with Gasteiger partial charge in [-0.05, 0) is 35.2 Å². The van der Waals surface area contributed by atoms with Crippen molar-refractivity contribution in [2.75, 3.05) is 0 Å². The molecule has 1 aromatic rings. The number of halogens is 1. The summed E-state index contributed by atoms with van der Waals surface area (Å²) < 4.78 is 12.5. The van der Waals surface area contributed by atoms with Crippen molar-refractivity contribution in [2.45, 2.75) is 31.5 Å². The van der Waals surface area contributed by atoms with E-state index in [9.17, 15) is 0 Å². The van der Waals surface area contributed by atoms with Crippen LogP contribution in [0.1, 0.15) is 19.3 Å². The number of pyridine rings is 1. The van der Waals surface area contributed by atoms with Crippen molar-refractivity contribution >= 4 is 15.9 Å². The van der Waals surface area contributed by atoms with Gasteiger partial charge in [0.05, 0.1) is 0 Å². The number of rotatable bonds is 0. The summed E-state index contributed by atoms with van der Waals surface area (Å²) in [6.07, 6.45) is 5.55. The van der Waals surface area contributed by atoms with Crippen LogP contribution in [0.4, 0.5) is 0 Å². The van der Waals surface area contributed by atoms with Gasteiger partial charge in [0.25, 0.3) is 5.88 Å². The molecule has 0 unspecified atom stereocenters. The third kappa shape index (κ3) is 1.29. The van der Waals surface area contributed by atoms with E-state index >= 15 is 0 Å². The topological polar surface area (TPSA) is 31.4 Å². The molecule has 2 heterocycles. The summed E-state index contributed by atoms with van der Waals surface area (Å²) in [6.45, 7) is 0. The molecule has 0 aromatic carbocycles. The minimum atomic E-state index is 0.219. The normalized spacial score (nSPS) is 28.6. The summed E-state index contributed by atoms with van der Waals surface area (Å²) >= 11 is 3.36. The van der Waals surface area contributed by atoms with Crippen molar-refractivity contribution in [3.63, 3.8) is 0 Å². The van der Waals surface area contributed by atoms with Crippen LogP contribution in [0.5, 0.6) is 11.6 Å². The van der Waals surface area contributed by atoms with Crippen molar-refractivity contribution in [3.05, 3.63) is 16.7 Å².